The largest absolute Gasteiger partial charge is 0.302 e. The highest BCUT2D eigenvalue weighted by molar-refractivity contribution is 5.37. The average Bonchev–Trinajstić information content (AvgIpc) is 2.82. The lowest BCUT2D eigenvalue weighted by Crippen LogP contribution is -2.27. The van der Waals surface area contributed by atoms with Gasteiger partial charge in [-0.2, -0.15) is 0 Å². The number of hydrogen-bond donors (Lipinski definition) is 0. The van der Waals surface area contributed by atoms with E-state index < -0.39 is 11.6 Å². The van der Waals surface area contributed by atoms with Gasteiger partial charge in [-0.25, -0.2) is 8.78 Å². The van der Waals surface area contributed by atoms with E-state index in [4.69, 9.17) is 0 Å². The Morgan fingerprint density at radius 1 is 1.29 bits per heavy atom. The Hall–Kier alpha value is -0.960. The molecule has 0 aromatic heterocycles. The molecule has 0 radical (unpaired) electrons. The van der Waals surface area contributed by atoms with Crippen molar-refractivity contribution < 1.29 is 8.78 Å². The Morgan fingerprint density at radius 2 is 2.00 bits per heavy atom. The zero-order valence-corrected chi connectivity index (χ0v) is 10.0. The van der Waals surface area contributed by atoms with E-state index in [2.05, 4.69) is 11.8 Å². The molecule has 0 unspecified atom stereocenters. The highest BCUT2D eigenvalue weighted by Crippen LogP contribution is 2.59. The van der Waals surface area contributed by atoms with Crippen LogP contribution in [0.15, 0.2) is 18.2 Å². The number of nitrogens with zero attached hydrogens (tertiary/aromatic N) is 1. The van der Waals surface area contributed by atoms with Gasteiger partial charge in [0.05, 0.1) is 0 Å². The lowest BCUT2D eigenvalue weighted by molar-refractivity contribution is 0.298. The van der Waals surface area contributed by atoms with Crippen molar-refractivity contribution in [1.82, 2.24) is 4.90 Å². The van der Waals surface area contributed by atoms with Crippen molar-refractivity contribution >= 4 is 0 Å². The van der Waals surface area contributed by atoms with Gasteiger partial charge in [0, 0.05) is 24.6 Å². The van der Waals surface area contributed by atoms with E-state index in [1.165, 1.54) is 12.1 Å². The number of piperidine rings is 1. The Kier molecular flexibility index (Phi) is 2.47. The molecule has 0 bridgehead atoms. The predicted molar refractivity (Wildman–Crippen MR) is 62.9 cm³/mol. The van der Waals surface area contributed by atoms with Gasteiger partial charge >= 0.3 is 0 Å². The summed E-state index contributed by atoms with van der Waals surface area (Å²) < 4.78 is 26.5. The van der Waals surface area contributed by atoms with Crippen molar-refractivity contribution in [1.29, 1.82) is 0 Å². The van der Waals surface area contributed by atoms with Gasteiger partial charge in [0.15, 0.2) is 0 Å². The second-order valence-corrected chi connectivity index (χ2v) is 5.45. The van der Waals surface area contributed by atoms with Crippen molar-refractivity contribution in [2.24, 2.45) is 5.92 Å². The fraction of sp³-hybridized carbons (Fsp3) is 0.571. The Morgan fingerprint density at radius 3 is 2.65 bits per heavy atom. The molecule has 3 heteroatoms. The fourth-order valence-corrected chi connectivity index (χ4v) is 3.36. The summed E-state index contributed by atoms with van der Waals surface area (Å²) >= 11 is 0. The van der Waals surface area contributed by atoms with Crippen LogP contribution in [0.3, 0.4) is 0 Å². The smallest absolute Gasteiger partial charge is 0.126 e. The summed E-state index contributed by atoms with van der Waals surface area (Å²) in [6.45, 7) is 5.31. The molecule has 1 saturated carbocycles. The van der Waals surface area contributed by atoms with Crippen LogP contribution in [-0.2, 0) is 5.41 Å². The number of hydrogen-bond acceptors (Lipinski definition) is 1. The quantitative estimate of drug-likeness (QED) is 0.781. The van der Waals surface area contributed by atoms with Gasteiger partial charge in [-0.05, 0) is 43.0 Å². The number of benzene rings is 1. The molecular formula is C14H17F2N. The van der Waals surface area contributed by atoms with Crippen LogP contribution in [0.1, 0.15) is 25.3 Å². The number of halogens is 2. The van der Waals surface area contributed by atoms with Gasteiger partial charge in [-0.3, -0.25) is 0 Å². The highest BCUT2D eigenvalue weighted by atomic mass is 19.1. The van der Waals surface area contributed by atoms with Crippen molar-refractivity contribution in [2.45, 2.75) is 25.2 Å². The number of rotatable bonds is 3. The summed E-state index contributed by atoms with van der Waals surface area (Å²) in [6.07, 6.45) is 2.23. The summed E-state index contributed by atoms with van der Waals surface area (Å²) in [4.78, 5) is 2.41. The van der Waals surface area contributed by atoms with Gasteiger partial charge in [-0.15, -0.1) is 0 Å². The Bertz CT molecular complexity index is 426. The molecule has 2 atom stereocenters. The van der Waals surface area contributed by atoms with E-state index in [1.807, 2.05) is 0 Å². The molecule has 0 amide bonds. The van der Waals surface area contributed by atoms with Gasteiger partial charge in [-0.1, -0.05) is 6.92 Å². The summed E-state index contributed by atoms with van der Waals surface area (Å²) in [7, 11) is 0. The van der Waals surface area contributed by atoms with Crippen LogP contribution in [0.4, 0.5) is 8.78 Å². The van der Waals surface area contributed by atoms with Gasteiger partial charge < -0.3 is 4.90 Å². The van der Waals surface area contributed by atoms with Crippen molar-refractivity contribution in [2.75, 3.05) is 19.6 Å². The minimum absolute atomic E-state index is 0.0537. The minimum Gasteiger partial charge on any atom is -0.302 e. The van der Waals surface area contributed by atoms with Crippen LogP contribution in [0, 0.1) is 17.6 Å². The van der Waals surface area contributed by atoms with Crippen LogP contribution in [0.25, 0.3) is 0 Å². The Labute approximate surface area is 100 Å². The molecule has 1 heterocycles. The van der Waals surface area contributed by atoms with E-state index in [9.17, 15) is 8.78 Å². The average molecular weight is 237 g/mol. The third-order valence-corrected chi connectivity index (χ3v) is 4.19. The molecule has 2 fully saturated rings. The number of likely N-dealkylation sites (tertiary alicyclic amines) is 1. The molecule has 1 aliphatic carbocycles. The summed E-state index contributed by atoms with van der Waals surface area (Å²) in [5.41, 5.74) is 0.913. The second-order valence-electron chi connectivity index (χ2n) is 5.45. The van der Waals surface area contributed by atoms with E-state index >= 15 is 0 Å². The maximum Gasteiger partial charge on any atom is 0.126 e. The third kappa shape index (κ3) is 1.77. The normalized spacial score (nSPS) is 31.6. The lowest BCUT2D eigenvalue weighted by Gasteiger charge is -2.20. The van der Waals surface area contributed by atoms with Crippen LogP contribution < -0.4 is 0 Å². The fourth-order valence-electron chi connectivity index (χ4n) is 3.36. The zero-order valence-electron chi connectivity index (χ0n) is 10.0. The zero-order chi connectivity index (χ0) is 12.0. The number of fused-ring (bicyclic) bond motifs is 1. The first-order chi connectivity index (χ1) is 8.14. The SMILES string of the molecule is CCCN1C[C@@H]2C[C@]2(c2cc(F)cc(F)c2)C1. The molecule has 0 N–H and O–H groups in total. The van der Waals surface area contributed by atoms with Gasteiger partial charge in [0.25, 0.3) is 0 Å². The van der Waals surface area contributed by atoms with Crippen molar-refractivity contribution in [3.05, 3.63) is 35.4 Å². The van der Waals surface area contributed by atoms with Gasteiger partial charge in [0.2, 0.25) is 0 Å². The monoisotopic (exact) mass is 237 g/mol. The molecule has 1 saturated heterocycles. The van der Waals surface area contributed by atoms with Crippen LogP contribution >= 0.6 is 0 Å². The maximum atomic E-state index is 13.3. The molecule has 1 aromatic rings. The topological polar surface area (TPSA) is 3.24 Å². The predicted octanol–water partition coefficient (Wildman–Crippen LogP) is 2.95. The molecule has 17 heavy (non-hydrogen) atoms. The van der Waals surface area contributed by atoms with E-state index in [0.717, 1.165) is 44.1 Å². The first-order valence-electron chi connectivity index (χ1n) is 6.33. The molecule has 1 nitrogen and oxygen atoms in total. The molecule has 3 rings (SSSR count). The molecule has 2 aliphatic rings. The standard InChI is InChI=1S/C14H17F2N/c1-2-3-17-8-11-7-14(11,9-17)10-4-12(15)6-13(16)5-10/h4-6,11H,2-3,7-9H2,1H3/t11-,14+/m0/s1. The van der Waals surface area contributed by atoms with Crippen LogP contribution in [0.5, 0.6) is 0 Å². The maximum absolute atomic E-state index is 13.3. The van der Waals surface area contributed by atoms with Crippen molar-refractivity contribution in [3.63, 3.8) is 0 Å². The Balaban J connectivity index is 1.85. The minimum atomic E-state index is -0.450. The highest BCUT2D eigenvalue weighted by Gasteiger charge is 2.60. The van der Waals surface area contributed by atoms with E-state index in [1.54, 1.807) is 0 Å². The van der Waals surface area contributed by atoms with Gasteiger partial charge in [0.1, 0.15) is 11.6 Å². The molecule has 92 valence electrons. The summed E-state index contributed by atoms with van der Waals surface area (Å²) in [5.74, 6) is -0.293. The van der Waals surface area contributed by atoms with Crippen molar-refractivity contribution in [3.8, 4) is 0 Å². The third-order valence-electron chi connectivity index (χ3n) is 4.19. The summed E-state index contributed by atoms with van der Waals surface area (Å²) in [5, 5.41) is 0. The summed E-state index contributed by atoms with van der Waals surface area (Å²) in [6, 6.07) is 3.98. The van der Waals surface area contributed by atoms with Crippen LogP contribution in [-0.4, -0.2) is 24.5 Å². The molecule has 0 spiro atoms. The van der Waals surface area contributed by atoms with E-state index in [0.29, 0.717) is 5.92 Å². The molecule has 1 aromatic carbocycles. The van der Waals surface area contributed by atoms with E-state index in [-0.39, 0.29) is 5.41 Å². The second kappa shape index (κ2) is 3.77. The molecular weight excluding hydrogens is 220 g/mol. The first kappa shape index (κ1) is 11.1. The lowest BCUT2D eigenvalue weighted by atomic mass is 9.95. The van der Waals surface area contributed by atoms with Crippen LogP contribution in [0.2, 0.25) is 0 Å². The first-order valence-corrected chi connectivity index (χ1v) is 6.33. The molecule has 1 aliphatic heterocycles.